The summed E-state index contributed by atoms with van der Waals surface area (Å²) in [5.74, 6) is -2.44. The highest BCUT2D eigenvalue weighted by Gasteiger charge is 2.46. The quantitative estimate of drug-likeness (QED) is 0.496. The third-order valence-electron chi connectivity index (χ3n) is 5.44. The van der Waals surface area contributed by atoms with Gasteiger partial charge >= 0.3 is 0 Å². The average Bonchev–Trinajstić information content (AvgIpc) is 3.45. The molecule has 4 aromatic rings. The Balaban J connectivity index is 1.45. The van der Waals surface area contributed by atoms with Gasteiger partial charge in [-0.25, -0.2) is 32.6 Å². The van der Waals surface area contributed by atoms with Gasteiger partial charge in [0.15, 0.2) is 5.65 Å². The van der Waals surface area contributed by atoms with Crippen molar-refractivity contribution in [2.24, 2.45) is 5.92 Å². The van der Waals surface area contributed by atoms with Crippen LogP contribution in [0.4, 0.5) is 19.1 Å². The van der Waals surface area contributed by atoms with Gasteiger partial charge < -0.3 is 9.88 Å². The largest absolute Gasteiger partial charge is 0.347 e. The number of hydrogen-bond acceptors (Lipinski definition) is 5. The van der Waals surface area contributed by atoms with Gasteiger partial charge in [-0.05, 0) is 38.0 Å². The maximum atomic E-state index is 13.9. The Kier molecular flexibility index (Phi) is 4.37. The van der Waals surface area contributed by atoms with Crippen molar-refractivity contribution in [3.63, 3.8) is 0 Å². The van der Waals surface area contributed by atoms with Crippen LogP contribution in [0.5, 0.6) is 0 Å². The van der Waals surface area contributed by atoms with Crippen molar-refractivity contribution in [2.45, 2.75) is 32.2 Å². The molecule has 30 heavy (non-hydrogen) atoms. The first-order chi connectivity index (χ1) is 14.5. The minimum absolute atomic E-state index is 0.144. The fraction of sp³-hybridized carbons (Fsp3) is 0.400. The Hall–Kier alpha value is -3.17. The lowest BCUT2D eigenvalue weighted by molar-refractivity contribution is -0.00833. The molecule has 0 amide bonds. The molecule has 1 aliphatic rings. The van der Waals surface area contributed by atoms with Crippen molar-refractivity contribution >= 4 is 22.6 Å². The van der Waals surface area contributed by atoms with E-state index in [1.54, 1.807) is 21.5 Å². The molecule has 0 aromatic carbocycles. The molecule has 5 rings (SSSR count). The van der Waals surface area contributed by atoms with Crippen molar-refractivity contribution in [2.75, 3.05) is 18.5 Å². The van der Waals surface area contributed by atoms with Crippen LogP contribution in [-0.2, 0) is 6.54 Å². The predicted molar refractivity (Wildman–Crippen MR) is 106 cm³/mol. The predicted octanol–water partition coefficient (Wildman–Crippen LogP) is 3.88. The highest BCUT2D eigenvalue weighted by atomic mass is 19.3. The molecule has 7 nitrogen and oxygen atoms in total. The summed E-state index contributed by atoms with van der Waals surface area (Å²) in [5, 5.41) is 6.92. The molecule has 10 heteroatoms. The Labute approximate surface area is 170 Å². The number of imidazole rings is 1. The normalized spacial score (nSPS) is 14.7. The second kappa shape index (κ2) is 6.96. The molecule has 0 saturated heterocycles. The topological polar surface area (TPSA) is 72.9 Å². The summed E-state index contributed by atoms with van der Waals surface area (Å²) in [7, 11) is 0. The van der Waals surface area contributed by atoms with Crippen LogP contribution in [-0.4, -0.2) is 48.3 Å². The number of aryl methyl sites for hydroxylation is 2. The lowest BCUT2D eigenvalue weighted by Gasteiger charge is -2.15. The van der Waals surface area contributed by atoms with E-state index in [4.69, 9.17) is 0 Å². The van der Waals surface area contributed by atoms with E-state index in [0.29, 0.717) is 41.0 Å². The van der Waals surface area contributed by atoms with Gasteiger partial charge in [0.05, 0.1) is 30.5 Å². The molecule has 0 aliphatic heterocycles. The van der Waals surface area contributed by atoms with Crippen molar-refractivity contribution in [1.29, 1.82) is 0 Å². The monoisotopic (exact) mass is 415 g/mol. The zero-order chi connectivity index (χ0) is 20.9. The van der Waals surface area contributed by atoms with Gasteiger partial charge in [0, 0.05) is 17.7 Å². The van der Waals surface area contributed by atoms with Crippen LogP contribution in [0, 0.1) is 12.8 Å². The van der Waals surface area contributed by atoms with Crippen LogP contribution < -0.4 is 5.32 Å². The van der Waals surface area contributed by atoms with Crippen LogP contribution in [0.25, 0.3) is 27.9 Å². The van der Waals surface area contributed by atoms with E-state index in [9.17, 15) is 13.2 Å². The fourth-order valence-electron chi connectivity index (χ4n) is 3.66. The Bertz CT molecular complexity index is 1230. The molecule has 1 fully saturated rings. The SMILES string of the molecule is Cc1nc2ccc(-c3ccn4nc(NCC(F)(F)C5CC5)ncc34)nc2n1CCF. The molecule has 1 saturated carbocycles. The van der Waals surface area contributed by atoms with Gasteiger partial charge in [-0.2, -0.15) is 0 Å². The van der Waals surface area contributed by atoms with Crippen molar-refractivity contribution in [3.05, 3.63) is 36.4 Å². The van der Waals surface area contributed by atoms with Gasteiger partial charge in [0.25, 0.3) is 5.92 Å². The van der Waals surface area contributed by atoms with E-state index in [-0.39, 0.29) is 12.5 Å². The first-order valence-corrected chi connectivity index (χ1v) is 9.82. The molecule has 0 radical (unpaired) electrons. The summed E-state index contributed by atoms with van der Waals surface area (Å²) < 4.78 is 44.0. The standard InChI is InChI=1S/C20H20F3N7/c1-12-26-16-5-4-15(27-18(16)29(12)9-7-21)14-6-8-30-17(14)10-24-19(28-30)25-11-20(22,23)13-2-3-13/h4-6,8,10,13H,2-3,7,9,11H2,1H3,(H,25,28). The number of nitrogens with zero attached hydrogens (tertiary/aromatic N) is 6. The zero-order valence-electron chi connectivity index (χ0n) is 16.3. The number of aromatic nitrogens is 6. The first kappa shape index (κ1) is 18.8. The number of pyridine rings is 1. The van der Waals surface area contributed by atoms with E-state index in [0.717, 1.165) is 5.56 Å². The number of hydrogen-bond donors (Lipinski definition) is 1. The highest BCUT2D eigenvalue weighted by molar-refractivity contribution is 5.82. The van der Waals surface area contributed by atoms with Gasteiger partial charge in [-0.1, -0.05) is 0 Å². The number of fused-ring (bicyclic) bond motifs is 2. The molecule has 0 atom stereocenters. The molecule has 0 spiro atoms. The smallest absolute Gasteiger partial charge is 0.267 e. The summed E-state index contributed by atoms with van der Waals surface area (Å²) in [5.41, 5.74) is 3.47. The molecular formula is C20H20F3N7. The van der Waals surface area contributed by atoms with E-state index in [1.807, 2.05) is 25.1 Å². The summed E-state index contributed by atoms with van der Waals surface area (Å²) in [6.45, 7) is 1.03. The number of halogens is 3. The molecule has 0 unspecified atom stereocenters. The van der Waals surface area contributed by atoms with Crippen LogP contribution in [0.1, 0.15) is 18.7 Å². The third kappa shape index (κ3) is 3.25. The molecule has 156 valence electrons. The van der Waals surface area contributed by atoms with Crippen LogP contribution in [0.15, 0.2) is 30.6 Å². The molecule has 0 bridgehead atoms. The van der Waals surface area contributed by atoms with E-state index >= 15 is 0 Å². The molecule has 4 heterocycles. The Morgan fingerprint density at radius 2 is 2.03 bits per heavy atom. The van der Waals surface area contributed by atoms with E-state index in [2.05, 4.69) is 25.4 Å². The minimum atomic E-state index is -2.75. The highest BCUT2D eigenvalue weighted by Crippen LogP contribution is 2.43. The van der Waals surface area contributed by atoms with Gasteiger partial charge in [0.1, 0.15) is 18.0 Å². The zero-order valence-corrected chi connectivity index (χ0v) is 16.3. The fourth-order valence-corrected chi connectivity index (χ4v) is 3.66. The summed E-state index contributed by atoms with van der Waals surface area (Å²) >= 11 is 0. The Morgan fingerprint density at radius 1 is 1.20 bits per heavy atom. The van der Waals surface area contributed by atoms with Gasteiger partial charge in [-0.15, -0.1) is 5.10 Å². The third-order valence-corrected chi connectivity index (χ3v) is 5.44. The Morgan fingerprint density at radius 3 is 2.80 bits per heavy atom. The first-order valence-electron chi connectivity index (χ1n) is 9.82. The number of alkyl halides is 3. The molecule has 1 N–H and O–H groups in total. The minimum Gasteiger partial charge on any atom is -0.347 e. The maximum absolute atomic E-state index is 13.9. The van der Waals surface area contributed by atoms with Crippen LogP contribution >= 0.6 is 0 Å². The van der Waals surface area contributed by atoms with Crippen molar-refractivity contribution in [1.82, 2.24) is 29.1 Å². The van der Waals surface area contributed by atoms with Gasteiger partial charge in [-0.3, -0.25) is 0 Å². The van der Waals surface area contributed by atoms with E-state index in [1.165, 1.54) is 0 Å². The second-order valence-electron chi connectivity index (χ2n) is 7.57. The molecular weight excluding hydrogens is 395 g/mol. The lowest BCUT2D eigenvalue weighted by atomic mass is 10.2. The maximum Gasteiger partial charge on any atom is 0.267 e. The molecule has 4 aromatic heterocycles. The van der Waals surface area contributed by atoms with Crippen molar-refractivity contribution in [3.8, 4) is 11.3 Å². The van der Waals surface area contributed by atoms with Gasteiger partial charge in [0.2, 0.25) is 5.95 Å². The summed E-state index contributed by atoms with van der Waals surface area (Å²) in [4.78, 5) is 13.3. The molecule has 1 aliphatic carbocycles. The number of rotatable bonds is 7. The lowest BCUT2D eigenvalue weighted by Crippen LogP contribution is -2.30. The second-order valence-corrected chi connectivity index (χ2v) is 7.57. The number of nitrogens with one attached hydrogen (secondary N) is 1. The van der Waals surface area contributed by atoms with E-state index < -0.39 is 25.1 Å². The summed E-state index contributed by atoms with van der Waals surface area (Å²) in [6, 6.07) is 5.52. The van der Waals surface area contributed by atoms with Crippen LogP contribution in [0.2, 0.25) is 0 Å². The van der Waals surface area contributed by atoms with Crippen molar-refractivity contribution < 1.29 is 13.2 Å². The average molecular weight is 415 g/mol. The number of anilines is 1. The summed E-state index contributed by atoms with van der Waals surface area (Å²) in [6.07, 6.45) is 4.44. The van der Waals surface area contributed by atoms with Crippen LogP contribution in [0.3, 0.4) is 0 Å².